The smallest absolute Gasteiger partial charge is 0.276 e. The molecule has 0 spiro atoms. The van der Waals surface area contributed by atoms with Crippen molar-refractivity contribution >= 4 is 5.91 Å². The summed E-state index contributed by atoms with van der Waals surface area (Å²) in [6, 6.07) is 9.98. The summed E-state index contributed by atoms with van der Waals surface area (Å²) in [5, 5.41) is 3.99. The van der Waals surface area contributed by atoms with Crippen molar-refractivity contribution in [3.63, 3.8) is 0 Å². The molecule has 1 saturated heterocycles. The number of aryl methyl sites for hydroxylation is 1. The van der Waals surface area contributed by atoms with E-state index in [1.165, 1.54) is 5.56 Å². The maximum absolute atomic E-state index is 12.6. The van der Waals surface area contributed by atoms with Crippen LogP contribution in [0.3, 0.4) is 0 Å². The Morgan fingerprint density at radius 1 is 1.15 bits per heavy atom. The SMILES string of the molecule is CCN1CCN(Cc2cc(C(=O)N(C)Cc3ccc(C)cc3)no2)CC1. The van der Waals surface area contributed by atoms with Gasteiger partial charge in [0.15, 0.2) is 11.5 Å². The topological polar surface area (TPSA) is 52.8 Å². The Morgan fingerprint density at radius 3 is 2.46 bits per heavy atom. The molecule has 1 aromatic heterocycles. The molecular weight excluding hydrogens is 328 g/mol. The third-order valence-corrected chi connectivity index (χ3v) is 4.96. The van der Waals surface area contributed by atoms with Gasteiger partial charge >= 0.3 is 0 Å². The monoisotopic (exact) mass is 356 g/mol. The van der Waals surface area contributed by atoms with Crippen LogP contribution in [0.15, 0.2) is 34.9 Å². The van der Waals surface area contributed by atoms with E-state index in [0.717, 1.165) is 44.0 Å². The van der Waals surface area contributed by atoms with Crippen LogP contribution in [0.4, 0.5) is 0 Å². The quantitative estimate of drug-likeness (QED) is 0.795. The fourth-order valence-electron chi connectivity index (χ4n) is 3.21. The van der Waals surface area contributed by atoms with E-state index in [9.17, 15) is 4.79 Å². The summed E-state index contributed by atoms with van der Waals surface area (Å²) in [6.45, 7) is 10.8. The molecule has 0 unspecified atom stereocenters. The number of amides is 1. The second-order valence-corrected chi connectivity index (χ2v) is 7.04. The van der Waals surface area contributed by atoms with Gasteiger partial charge in [-0.15, -0.1) is 0 Å². The zero-order valence-corrected chi connectivity index (χ0v) is 15.9. The molecule has 140 valence electrons. The highest BCUT2D eigenvalue weighted by atomic mass is 16.5. The Labute approximate surface area is 155 Å². The van der Waals surface area contributed by atoms with Gasteiger partial charge in [0.1, 0.15) is 0 Å². The van der Waals surface area contributed by atoms with Crippen LogP contribution in [0.1, 0.15) is 34.3 Å². The van der Waals surface area contributed by atoms with Gasteiger partial charge in [0.05, 0.1) is 6.54 Å². The van der Waals surface area contributed by atoms with E-state index in [-0.39, 0.29) is 5.91 Å². The normalized spacial score (nSPS) is 16.0. The van der Waals surface area contributed by atoms with E-state index < -0.39 is 0 Å². The van der Waals surface area contributed by atoms with Crippen molar-refractivity contribution in [3.05, 3.63) is 52.9 Å². The number of aromatic nitrogens is 1. The predicted octanol–water partition coefficient (Wildman–Crippen LogP) is 2.39. The summed E-state index contributed by atoms with van der Waals surface area (Å²) in [5.41, 5.74) is 2.69. The van der Waals surface area contributed by atoms with Crippen molar-refractivity contribution in [3.8, 4) is 0 Å². The van der Waals surface area contributed by atoms with Gasteiger partial charge in [-0.2, -0.15) is 0 Å². The van der Waals surface area contributed by atoms with Crippen LogP contribution in [0.5, 0.6) is 0 Å². The van der Waals surface area contributed by atoms with Gasteiger partial charge in [0.2, 0.25) is 0 Å². The number of hydrogen-bond donors (Lipinski definition) is 0. The van der Waals surface area contributed by atoms with Crippen molar-refractivity contribution in [1.82, 2.24) is 19.9 Å². The molecule has 0 bridgehead atoms. The molecule has 1 fully saturated rings. The summed E-state index contributed by atoms with van der Waals surface area (Å²) in [6.07, 6.45) is 0. The predicted molar refractivity (Wildman–Crippen MR) is 101 cm³/mol. The summed E-state index contributed by atoms with van der Waals surface area (Å²) >= 11 is 0. The highest BCUT2D eigenvalue weighted by Gasteiger charge is 2.20. The van der Waals surface area contributed by atoms with Gasteiger partial charge < -0.3 is 14.3 Å². The van der Waals surface area contributed by atoms with Crippen molar-refractivity contribution < 1.29 is 9.32 Å². The molecule has 1 aliphatic rings. The van der Waals surface area contributed by atoms with Crippen molar-refractivity contribution in [2.45, 2.75) is 26.9 Å². The number of hydrogen-bond acceptors (Lipinski definition) is 5. The van der Waals surface area contributed by atoms with Crippen LogP contribution in [0, 0.1) is 6.92 Å². The summed E-state index contributed by atoms with van der Waals surface area (Å²) in [5.74, 6) is 0.637. The first-order valence-electron chi connectivity index (χ1n) is 9.26. The molecule has 26 heavy (non-hydrogen) atoms. The molecule has 0 N–H and O–H groups in total. The minimum absolute atomic E-state index is 0.114. The number of carbonyl (C=O) groups excluding carboxylic acids is 1. The minimum Gasteiger partial charge on any atom is -0.359 e. The fourth-order valence-corrected chi connectivity index (χ4v) is 3.21. The maximum Gasteiger partial charge on any atom is 0.276 e. The number of nitrogens with zero attached hydrogens (tertiary/aromatic N) is 4. The lowest BCUT2D eigenvalue weighted by Gasteiger charge is -2.33. The highest BCUT2D eigenvalue weighted by Crippen LogP contribution is 2.13. The van der Waals surface area contributed by atoms with Crippen LogP contribution in [0.25, 0.3) is 0 Å². The number of rotatable bonds is 6. The van der Waals surface area contributed by atoms with Gasteiger partial charge in [-0.3, -0.25) is 9.69 Å². The third-order valence-electron chi connectivity index (χ3n) is 4.96. The molecule has 2 aromatic rings. The first-order chi connectivity index (χ1) is 12.5. The first kappa shape index (κ1) is 18.6. The van der Waals surface area contributed by atoms with Crippen molar-refractivity contribution in [2.75, 3.05) is 39.8 Å². The van der Waals surface area contributed by atoms with Gasteiger partial charge in [-0.1, -0.05) is 41.9 Å². The molecule has 0 radical (unpaired) electrons. The molecule has 0 atom stereocenters. The minimum atomic E-state index is -0.114. The number of piperazine rings is 1. The zero-order chi connectivity index (χ0) is 18.5. The van der Waals surface area contributed by atoms with E-state index in [1.807, 2.05) is 12.1 Å². The lowest BCUT2D eigenvalue weighted by molar-refractivity contribution is 0.0774. The molecule has 6 nitrogen and oxygen atoms in total. The van der Waals surface area contributed by atoms with E-state index in [0.29, 0.717) is 18.8 Å². The Balaban J connectivity index is 1.54. The van der Waals surface area contributed by atoms with Crippen LogP contribution in [0.2, 0.25) is 0 Å². The van der Waals surface area contributed by atoms with Gasteiger partial charge in [-0.25, -0.2) is 0 Å². The lowest BCUT2D eigenvalue weighted by atomic mass is 10.1. The molecule has 0 aliphatic carbocycles. The Bertz CT molecular complexity index is 718. The molecule has 1 amide bonds. The second kappa shape index (κ2) is 8.47. The molecule has 1 aliphatic heterocycles. The average Bonchev–Trinajstić information content (AvgIpc) is 3.12. The van der Waals surface area contributed by atoms with Gasteiger partial charge in [0.25, 0.3) is 5.91 Å². The summed E-state index contributed by atoms with van der Waals surface area (Å²) in [4.78, 5) is 19.0. The number of carbonyl (C=O) groups is 1. The first-order valence-corrected chi connectivity index (χ1v) is 9.26. The van der Waals surface area contributed by atoms with Crippen LogP contribution >= 0.6 is 0 Å². The van der Waals surface area contributed by atoms with Crippen molar-refractivity contribution in [1.29, 1.82) is 0 Å². The standard InChI is InChI=1S/C20H28N4O2/c1-4-23-9-11-24(12-10-23)15-18-13-19(21-26-18)20(25)22(3)14-17-7-5-16(2)6-8-17/h5-8,13H,4,9-12,14-15H2,1-3H3. The second-order valence-electron chi connectivity index (χ2n) is 7.04. The lowest BCUT2D eigenvalue weighted by Crippen LogP contribution is -2.45. The molecule has 0 saturated carbocycles. The zero-order valence-electron chi connectivity index (χ0n) is 15.9. The maximum atomic E-state index is 12.6. The van der Waals surface area contributed by atoms with Crippen LogP contribution in [-0.2, 0) is 13.1 Å². The van der Waals surface area contributed by atoms with E-state index >= 15 is 0 Å². The molecule has 1 aromatic carbocycles. The highest BCUT2D eigenvalue weighted by molar-refractivity contribution is 5.92. The average molecular weight is 356 g/mol. The summed E-state index contributed by atoms with van der Waals surface area (Å²) in [7, 11) is 1.79. The van der Waals surface area contributed by atoms with E-state index in [1.54, 1.807) is 18.0 Å². The van der Waals surface area contributed by atoms with E-state index in [2.05, 4.69) is 40.9 Å². The van der Waals surface area contributed by atoms with Gasteiger partial charge in [0, 0.05) is 45.8 Å². The van der Waals surface area contributed by atoms with Crippen LogP contribution < -0.4 is 0 Å². The van der Waals surface area contributed by atoms with E-state index in [4.69, 9.17) is 4.52 Å². The molecule has 6 heteroatoms. The Kier molecular flexibility index (Phi) is 6.06. The fraction of sp³-hybridized carbons (Fsp3) is 0.500. The van der Waals surface area contributed by atoms with Crippen molar-refractivity contribution in [2.24, 2.45) is 0 Å². The Morgan fingerprint density at radius 2 is 1.81 bits per heavy atom. The number of benzene rings is 1. The Hall–Kier alpha value is -2.18. The molecular formula is C20H28N4O2. The third kappa shape index (κ3) is 4.71. The molecule has 3 rings (SSSR count). The molecule has 2 heterocycles. The van der Waals surface area contributed by atoms with Gasteiger partial charge in [-0.05, 0) is 19.0 Å². The number of likely N-dealkylation sites (N-methyl/N-ethyl adjacent to an activating group) is 1. The largest absolute Gasteiger partial charge is 0.359 e. The summed E-state index contributed by atoms with van der Waals surface area (Å²) < 4.78 is 5.41. The van der Waals surface area contributed by atoms with Crippen LogP contribution in [-0.4, -0.2) is 65.5 Å².